The van der Waals surface area contributed by atoms with Crippen LogP contribution >= 0.6 is 0 Å². The van der Waals surface area contributed by atoms with Crippen molar-refractivity contribution >= 4 is 5.91 Å². The molecule has 6 heteroatoms. The molecular formula is C14H18N4O2. The van der Waals surface area contributed by atoms with Crippen LogP contribution in [-0.4, -0.2) is 32.1 Å². The molecule has 0 saturated carbocycles. The summed E-state index contributed by atoms with van der Waals surface area (Å²) in [6.07, 6.45) is 3.00. The Morgan fingerprint density at radius 1 is 1.40 bits per heavy atom. The van der Waals surface area contributed by atoms with E-state index >= 15 is 0 Å². The van der Waals surface area contributed by atoms with E-state index in [-0.39, 0.29) is 11.9 Å². The molecule has 3 heterocycles. The third kappa shape index (κ3) is 1.92. The number of hydrogen-bond acceptors (Lipinski definition) is 4. The maximum absolute atomic E-state index is 12.4. The van der Waals surface area contributed by atoms with Gasteiger partial charge >= 0.3 is 0 Å². The number of carbonyl (C=O) groups excluding carboxylic acids is 1. The van der Waals surface area contributed by atoms with E-state index in [2.05, 4.69) is 28.6 Å². The van der Waals surface area contributed by atoms with Gasteiger partial charge in [-0.3, -0.25) is 4.79 Å². The number of furan rings is 1. The summed E-state index contributed by atoms with van der Waals surface area (Å²) >= 11 is 0. The number of nitrogens with zero attached hydrogens (tertiary/aromatic N) is 4. The molecule has 106 valence electrons. The molecule has 0 N–H and O–H groups in total. The van der Waals surface area contributed by atoms with E-state index in [0.29, 0.717) is 18.0 Å². The second-order valence-electron chi connectivity index (χ2n) is 5.41. The Morgan fingerprint density at radius 3 is 2.85 bits per heavy atom. The molecule has 0 unspecified atom stereocenters. The zero-order chi connectivity index (χ0) is 14.3. The Morgan fingerprint density at radius 2 is 2.20 bits per heavy atom. The molecule has 20 heavy (non-hydrogen) atoms. The van der Waals surface area contributed by atoms with E-state index in [4.69, 9.17) is 4.42 Å². The molecule has 0 radical (unpaired) electrons. The number of hydrogen-bond donors (Lipinski definition) is 0. The zero-order valence-electron chi connectivity index (χ0n) is 11.9. The lowest BCUT2D eigenvalue weighted by atomic mass is 10.1. The van der Waals surface area contributed by atoms with Crippen molar-refractivity contribution in [2.75, 3.05) is 6.54 Å². The lowest BCUT2D eigenvalue weighted by Gasteiger charge is -2.33. The van der Waals surface area contributed by atoms with Crippen LogP contribution in [0.15, 0.2) is 23.0 Å². The molecule has 0 aliphatic carbocycles. The summed E-state index contributed by atoms with van der Waals surface area (Å²) in [5.74, 6) is 2.16. The van der Waals surface area contributed by atoms with Crippen molar-refractivity contribution in [3.8, 4) is 0 Å². The smallest absolute Gasteiger partial charge is 0.257 e. The van der Waals surface area contributed by atoms with Crippen molar-refractivity contribution in [2.45, 2.75) is 39.3 Å². The van der Waals surface area contributed by atoms with Gasteiger partial charge in [0.05, 0.1) is 17.9 Å². The summed E-state index contributed by atoms with van der Waals surface area (Å²) in [5, 5.41) is 8.53. The Kier molecular flexibility index (Phi) is 3.08. The van der Waals surface area contributed by atoms with Crippen LogP contribution in [0.3, 0.4) is 0 Å². The van der Waals surface area contributed by atoms with Gasteiger partial charge in [0.1, 0.15) is 12.1 Å². The maximum Gasteiger partial charge on any atom is 0.257 e. The van der Waals surface area contributed by atoms with E-state index < -0.39 is 0 Å². The average Bonchev–Trinajstić information content (AvgIpc) is 3.08. The fraction of sp³-hybridized carbons (Fsp3) is 0.500. The normalized spacial score (nSPS) is 18.4. The highest BCUT2D eigenvalue weighted by Crippen LogP contribution is 2.27. The predicted octanol–water partition coefficient (Wildman–Crippen LogP) is 2.21. The second kappa shape index (κ2) is 4.77. The fourth-order valence-corrected chi connectivity index (χ4v) is 2.66. The van der Waals surface area contributed by atoms with Crippen molar-refractivity contribution in [3.63, 3.8) is 0 Å². The van der Waals surface area contributed by atoms with Crippen LogP contribution in [0.4, 0.5) is 0 Å². The van der Waals surface area contributed by atoms with Gasteiger partial charge in [-0.2, -0.15) is 0 Å². The van der Waals surface area contributed by atoms with Gasteiger partial charge in [0.2, 0.25) is 0 Å². The second-order valence-corrected chi connectivity index (χ2v) is 5.41. The number of amides is 1. The minimum Gasteiger partial charge on any atom is -0.472 e. The summed E-state index contributed by atoms with van der Waals surface area (Å²) in [6.45, 7) is 7.59. The highest BCUT2D eigenvalue weighted by Gasteiger charge is 2.32. The Hall–Kier alpha value is -2.11. The van der Waals surface area contributed by atoms with E-state index in [1.165, 1.54) is 12.5 Å². The van der Waals surface area contributed by atoms with Crippen LogP contribution in [0.2, 0.25) is 0 Å². The van der Waals surface area contributed by atoms with Gasteiger partial charge in [0, 0.05) is 19.0 Å². The molecule has 0 saturated heterocycles. The maximum atomic E-state index is 12.4. The van der Waals surface area contributed by atoms with Gasteiger partial charge in [-0.15, -0.1) is 10.2 Å². The molecule has 2 aromatic heterocycles. The van der Waals surface area contributed by atoms with Crippen LogP contribution in [-0.2, 0) is 6.54 Å². The van der Waals surface area contributed by atoms with Crippen molar-refractivity contribution in [3.05, 3.63) is 35.8 Å². The number of aromatic nitrogens is 3. The van der Waals surface area contributed by atoms with E-state index in [9.17, 15) is 4.79 Å². The minimum atomic E-state index is -0.0776. The van der Waals surface area contributed by atoms with Crippen molar-refractivity contribution in [1.82, 2.24) is 19.7 Å². The summed E-state index contributed by atoms with van der Waals surface area (Å²) in [4.78, 5) is 14.2. The molecule has 0 bridgehead atoms. The number of fused-ring (bicyclic) bond motifs is 1. The Labute approximate surface area is 117 Å². The quantitative estimate of drug-likeness (QED) is 0.842. The van der Waals surface area contributed by atoms with Crippen LogP contribution in [0.5, 0.6) is 0 Å². The molecule has 2 aromatic rings. The van der Waals surface area contributed by atoms with Crippen LogP contribution in [0.25, 0.3) is 0 Å². The first kappa shape index (κ1) is 12.9. The highest BCUT2D eigenvalue weighted by molar-refractivity contribution is 5.94. The van der Waals surface area contributed by atoms with Gasteiger partial charge in [-0.25, -0.2) is 0 Å². The lowest BCUT2D eigenvalue weighted by Crippen LogP contribution is -2.41. The summed E-state index contributed by atoms with van der Waals surface area (Å²) in [7, 11) is 0. The fourth-order valence-electron chi connectivity index (χ4n) is 2.66. The third-order valence-corrected chi connectivity index (χ3v) is 3.76. The third-order valence-electron chi connectivity index (χ3n) is 3.76. The summed E-state index contributed by atoms with van der Waals surface area (Å²) in [5.41, 5.74) is 0.578. The van der Waals surface area contributed by atoms with Crippen molar-refractivity contribution in [2.24, 2.45) is 0 Å². The monoisotopic (exact) mass is 274 g/mol. The number of carbonyl (C=O) groups is 1. The first-order chi connectivity index (χ1) is 9.59. The van der Waals surface area contributed by atoms with Gasteiger partial charge < -0.3 is 13.9 Å². The van der Waals surface area contributed by atoms with Crippen molar-refractivity contribution in [1.29, 1.82) is 0 Å². The van der Waals surface area contributed by atoms with Crippen LogP contribution in [0.1, 0.15) is 54.7 Å². The molecule has 1 aliphatic rings. The Balaban J connectivity index is 1.90. The van der Waals surface area contributed by atoms with Gasteiger partial charge in [0.25, 0.3) is 5.91 Å². The molecule has 1 amide bonds. The van der Waals surface area contributed by atoms with Crippen LogP contribution < -0.4 is 0 Å². The average molecular weight is 274 g/mol. The summed E-state index contributed by atoms with van der Waals surface area (Å²) in [6, 6.07) is 1.61. The van der Waals surface area contributed by atoms with Crippen molar-refractivity contribution < 1.29 is 9.21 Å². The van der Waals surface area contributed by atoms with E-state index in [1.807, 2.05) is 11.8 Å². The molecule has 0 fully saturated rings. The lowest BCUT2D eigenvalue weighted by molar-refractivity contribution is 0.0635. The molecular weight excluding hydrogens is 256 g/mol. The molecule has 3 rings (SSSR count). The van der Waals surface area contributed by atoms with E-state index in [0.717, 1.165) is 18.2 Å². The minimum absolute atomic E-state index is 0.0217. The van der Waals surface area contributed by atoms with Gasteiger partial charge in [-0.1, -0.05) is 13.8 Å². The zero-order valence-corrected chi connectivity index (χ0v) is 11.9. The van der Waals surface area contributed by atoms with E-state index in [1.54, 1.807) is 6.07 Å². The van der Waals surface area contributed by atoms with Crippen LogP contribution in [0, 0.1) is 0 Å². The first-order valence-electron chi connectivity index (χ1n) is 6.85. The largest absolute Gasteiger partial charge is 0.472 e. The standard InChI is InChI=1S/C14H18N4O2/c1-9(2)12-15-16-13-10(3)17(5-6-18(12)13)14(19)11-4-7-20-8-11/h4,7-10H,5-6H2,1-3H3/t10-/m1/s1. The molecule has 0 spiro atoms. The highest BCUT2D eigenvalue weighted by atomic mass is 16.3. The first-order valence-corrected chi connectivity index (χ1v) is 6.85. The topological polar surface area (TPSA) is 64.2 Å². The summed E-state index contributed by atoms with van der Waals surface area (Å²) < 4.78 is 7.12. The SMILES string of the molecule is CC(C)c1nnc2n1CCN(C(=O)c1ccoc1)[C@@H]2C. The molecule has 1 atom stereocenters. The molecule has 1 aliphatic heterocycles. The Bertz CT molecular complexity index is 615. The predicted molar refractivity (Wildman–Crippen MR) is 72.3 cm³/mol. The molecule has 6 nitrogen and oxygen atoms in total. The molecule has 0 aromatic carbocycles. The van der Waals surface area contributed by atoms with Gasteiger partial charge in [-0.05, 0) is 13.0 Å². The van der Waals surface area contributed by atoms with Gasteiger partial charge in [0.15, 0.2) is 5.82 Å². The number of rotatable bonds is 2.